The molecule has 2 N–H and O–H groups in total. The van der Waals surface area contributed by atoms with Crippen LogP contribution in [0.3, 0.4) is 0 Å². The Morgan fingerprint density at radius 2 is 2.15 bits per heavy atom. The summed E-state index contributed by atoms with van der Waals surface area (Å²) in [5.74, 6) is 0.880. The number of fused-ring (bicyclic) bond motifs is 1. The second-order valence-electron chi connectivity index (χ2n) is 6.69. The van der Waals surface area contributed by atoms with Gasteiger partial charge in [-0.25, -0.2) is 4.39 Å². The molecule has 2 aromatic carbocycles. The average Bonchev–Trinajstić information content (AvgIpc) is 2.99. The van der Waals surface area contributed by atoms with E-state index < -0.39 is 0 Å². The van der Waals surface area contributed by atoms with Gasteiger partial charge in [0.2, 0.25) is 5.91 Å². The molecule has 27 heavy (non-hydrogen) atoms. The predicted octanol–water partition coefficient (Wildman–Crippen LogP) is 3.84. The van der Waals surface area contributed by atoms with Crippen molar-refractivity contribution < 1.29 is 18.7 Å². The van der Waals surface area contributed by atoms with E-state index in [1.807, 2.05) is 32.9 Å². The van der Waals surface area contributed by atoms with Crippen LogP contribution >= 0.6 is 0 Å². The van der Waals surface area contributed by atoms with Crippen molar-refractivity contribution in [1.29, 1.82) is 0 Å². The first-order chi connectivity index (χ1) is 13.0. The van der Waals surface area contributed by atoms with Crippen molar-refractivity contribution >= 4 is 11.6 Å². The number of amides is 1. The first-order valence-corrected chi connectivity index (χ1v) is 9.22. The molecule has 6 heteroatoms. The van der Waals surface area contributed by atoms with Gasteiger partial charge in [-0.15, -0.1) is 0 Å². The quantitative estimate of drug-likeness (QED) is 0.775. The van der Waals surface area contributed by atoms with Crippen LogP contribution in [0.5, 0.6) is 11.5 Å². The molecule has 0 saturated heterocycles. The third-order valence-electron chi connectivity index (χ3n) is 4.51. The van der Waals surface area contributed by atoms with Crippen LogP contribution in [-0.4, -0.2) is 25.2 Å². The summed E-state index contributed by atoms with van der Waals surface area (Å²) < 4.78 is 25.3. The highest BCUT2D eigenvalue weighted by Crippen LogP contribution is 2.38. The molecule has 3 rings (SSSR count). The molecule has 1 aliphatic heterocycles. The number of hydrogen-bond acceptors (Lipinski definition) is 4. The maximum Gasteiger partial charge on any atom is 0.238 e. The Labute approximate surface area is 158 Å². The van der Waals surface area contributed by atoms with E-state index in [1.165, 1.54) is 6.07 Å². The standard InChI is InChI=1S/C21H25FN2O3/c1-4-26-20-10-15-9-13(2)27-19(15)11-18(20)24-21(25)12-23-14(3)16-7-5-6-8-17(16)22/h5-8,10-11,13-14,23H,4,9,12H2,1-3H3,(H,24,25). The molecule has 0 aromatic heterocycles. The minimum Gasteiger partial charge on any atom is -0.492 e. The Hall–Kier alpha value is -2.60. The first-order valence-electron chi connectivity index (χ1n) is 9.22. The van der Waals surface area contributed by atoms with Gasteiger partial charge in [-0.05, 0) is 32.9 Å². The van der Waals surface area contributed by atoms with E-state index in [9.17, 15) is 9.18 Å². The SMILES string of the molecule is CCOc1cc2c(cc1NC(=O)CNC(C)c1ccccc1F)OC(C)C2. The molecule has 1 heterocycles. The number of halogens is 1. The van der Waals surface area contributed by atoms with Gasteiger partial charge in [-0.3, -0.25) is 4.79 Å². The molecular formula is C21H25FN2O3. The molecule has 1 aliphatic rings. The molecule has 1 amide bonds. The minimum atomic E-state index is -0.290. The summed E-state index contributed by atoms with van der Waals surface area (Å²) in [5, 5.41) is 5.91. The fraction of sp³-hybridized carbons (Fsp3) is 0.381. The Kier molecular flexibility index (Phi) is 5.96. The van der Waals surface area contributed by atoms with Crippen molar-refractivity contribution in [1.82, 2.24) is 5.32 Å². The van der Waals surface area contributed by atoms with Crippen molar-refractivity contribution in [2.75, 3.05) is 18.5 Å². The number of carbonyl (C=O) groups excluding carboxylic acids is 1. The topological polar surface area (TPSA) is 59.6 Å². The van der Waals surface area contributed by atoms with Crippen LogP contribution in [0.4, 0.5) is 10.1 Å². The summed E-state index contributed by atoms with van der Waals surface area (Å²) >= 11 is 0. The molecule has 0 fully saturated rings. The van der Waals surface area contributed by atoms with Gasteiger partial charge < -0.3 is 20.1 Å². The lowest BCUT2D eigenvalue weighted by Gasteiger charge is -2.16. The molecule has 0 saturated carbocycles. The Morgan fingerprint density at radius 1 is 1.37 bits per heavy atom. The van der Waals surface area contributed by atoms with E-state index in [0.29, 0.717) is 23.6 Å². The molecular weight excluding hydrogens is 347 g/mol. The number of carbonyl (C=O) groups is 1. The number of ether oxygens (including phenoxy) is 2. The molecule has 0 spiro atoms. The maximum absolute atomic E-state index is 13.8. The normalized spacial score (nSPS) is 16.4. The number of hydrogen-bond donors (Lipinski definition) is 2. The van der Waals surface area contributed by atoms with Crippen LogP contribution in [-0.2, 0) is 11.2 Å². The highest BCUT2D eigenvalue weighted by atomic mass is 19.1. The summed E-state index contributed by atoms with van der Waals surface area (Å²) in [6, 6.07) is 9.98. The van der Waals surface area contributed by atoms with Gasteiger partial charge in [0.05, 0.1) is 18.8 Å². The summed E-state index contributed by atoms with van der Waals surface area (Å²) in [7, 11) is 0. The predicted molar refractivity (Wildman–Crippen MR) is 103 cm³/mol. The van der Waals surface area contributed by atoms with Crippen molar-refractivity contribution in [2.45, 2.75) is 39.3 Å². The van der Waals surface area contributed by atoms with Crippen molar-refractivity contribution in [3.63, 3.8) is 0 Å². The molecule has 0 radical (unpaired) electrons. The molecule has 144 valence electrons. The van der Waals surface area contributed by atoms with Crippen molar-refractivity contribution in [3.8, 4) is 11.5 Å². The highest BCUT2D eigenvalue weighted by molar-refractivity contribution is 5.94. The lowest BCUT2D eigenvalue weighted by atomic mass is 10.1. The van der Waals surface area contributed by atoms with Gasteiger partial charge in [0.15, 0.2) is 0 Å². The minimum absolute atomic E-state index is 0.0510. The van der Waals surface area contributed by atoms with Gasteiger partial charge in [0, 0.05) is 29.7 Å². The third kappa shape index (κ3) is 4.57. The Bertz CT molecular complexity index is 825. The van der Waals surface area contributed by atoms with Crippen LogP contribution in [0.25, 0.3) is 0 Å². The summed E-state index contributed by atoms with van der Waals surface area (Å²) in [6.07, 6.45) is 0.939. The van der Waals surface area contributed by atoms with Gasteiger partial charge in [-0.1, -0.05) is 18.2 Å². The van der Waals surface area contributed by atoms with Crippen LogP contribution in [0.15, 0.2) is 36.4 Å². The zero-order chi connectivity index (χ0) is 19.4. The monoisotopic (exact) mass is 372 g/mol. The van der Waals surface area contributed by atoms with E-state index >= 15 is 0 Å². The van der Waals surface area contributed by atoms with Gasteiger partial charge in [0.25, 0.3) is 0 Å². The van der Waals surface area contributed by atoms with Crippen LogP contribution in [0.1, 0.15) is 37.9 Å². The maximum atomic E-state index is 13.8. The molecule has 2 atom stereocenters. The second kappa shape index (κ2) is 8.39. The summed E-state index contributed by atoms with van der Waals surface area (Å²) in [5.41, 5.74) is 2.19. The lowest BCUT2D eigenvalue weighted by molar-refractivity contribution is -0.115. The number of nitrogens with one attached hydrogen (secondary N) is 2. The average molecular weight is 372 g/mol. The number of anilines is 1. The summed E-state index contributed by atoms with van der Waals surface area (Å²) in [6.45, 7) is 6.28. The smallest absolute Gasteiger partial charge is 0.238 e. The molecule has 2 aromatic rings. The van der Waals surface area contributed by atoms with Crippen LogP contribution < -0.4 is 20.1 Å². The van der Waals surface area contributed by atoms with E-state index in [1.54, 1.807) is 18.2 Å². The number of benzene rings is 2. The largest absolute Gasteiger partial charge is 0.492 e. The molecule has 0 aliphatic carbocycles. The Morgan fingerprint density at radius 3 is 2.89 bits per heavy atom. The van der Waals surface area contributed by atoms with E-state index in [-0.39, 0.29) is 30.4 Å². The van der Waals surface area contributed by atoms with Crippen molar-refractivity contribution in [2.24, 2.45) is 0 Å². The summed E-state index contributed by atoms with van der Waals surface area (Å²) in [4.78, 5) is 12.4. The fourth-order valence-electron chi connectivity index (χ4n) is 3.19. The van der Waals surface area contributed by atoms with Crippen LogP contribution in [0.2, 0.25) is 0 Å². The lowest BCUT2D eigenvalue weighted by Crippen LogP contribution is -2.30. The molecule has 0 bridgehead atoms. The third-order valence-corrected chi connectivity index (χ3v) is 4.51. The first kappa shape index (κ1) is 19.2. The Balaban J connectivity index is 1.65. The van der Waals surface area contributed by atoms with Gasteiger partial charge in [0.1, 0.15) is 23.4 Å². The molecule has 2 unspecified atom stereocenters. The molecule has 5 nitrogen and oxygen atoms in total. The van der Waals surface area contributed by atoms with Gasteiger partial charge >= 0.3 is 0 Å². The van der Waals surface area contributed by atoms with E-state index in [4.69, 9.17) is 9.47 Å². The van der Waals surface area contributed by atoms with Gasteiger partial charge in [-0.2, -0.15) is 0 Å². The van der Waals surface area contributed by atoms with E-state index in [0.717, 1.165) is 17.7 Å². The zero-order valence-corrected chi connectivity index (χ0v) is 15.8. The highest BCUT2D eigenvalue weighted by Gasteiger charge is 2.22. The van der Waals surface area contributed by atoms with Crippen LogP contribution in [0, 0.1) is 5.82 Å². The number of rotatable bonds is 7. The van der Waals surface area contributed by atoms with E-state index in [2.05, 4.69) is 10.6 Å². The second-order valence-corrected chi connectivity index (χ2v) is 6.69. The van der Waals surface area contributed by atoms with Crippen molar-refractivity contribution in [3.05, 3.63) is 53.3 Å². The zero-order valence-electron chi connectivity index (χ0n) is 15.8. The fourth-order valence-corrected chi connectivity index (χ4v) is 3.19.